The molecule has 0 atom stereocenters. The van der Waals surface area contributed by atoms with Gasteiger partial charge in [-0.1, -0.05) is 48.0 Å². The summed E-state index contributed by atoms with van der Waals surface area (Å²) >= 11 is 3.46. The summed E-state index contributed by atoms with van der Waals surface area (Å²) in [6.45, 7) is 4.57. The Hall–Kier alpha value is -1.74. The minimum absolute atomic E-state index is 0.156. The molecule has 3 rings (SSSR count). The zero-order valence-corrected chi connectivity index (χ0v) is 19.7. The fourth-order valence-corrected chi connectivity index (χ4v) is 5.54. The van der Waals surface area contributed by atoms with E-state index < -0.39 is 10.0 Å². The van der Waals surface area contributed by atoms with Crippen LogP contribution in [0.2, 0.25) is 0 Å². The molecule has 2 N–H and O–H groups in total. The molecule has 0 unspecified atom stereocenters. The zero-order chi connectivity index (χ0) is 21.8. The summed E-state index contributed by atoms with van der Waals surface area (Å²) in [5, 5.41) is 6.23. The van der Waals surface area contributed by atoms with Crippen molar-refractivity contribution in [2.75, 3.05) is 25.0 Å². The Labute approximate surface area is 187 Å². The second-order valence-electron chi connectivity index (χ2n) is 7.46. The molecule has 0 bridgehead atoms. The average molecular weight is 494 g/mol. The molecule has 2 aromatic carbocycles. The van der Waals surface area contributed by atoms with Gasteiger partial charge in [0.2, 0.25) is 15.9 Å². The number of carbonyl (C=O) groups excluding carboxylic acids is 1. The number of rotatable bonds is 9. The molecule has 1 fully saturated rings. The molecule has 0 aliphatic heterocycles. The van der Waals surface area contributed by atoms with E-state index in [-0.39, 0.29) is 22.9 Å². The molecular formula is C22H28BrN3O3S. The molecule has 2 aromatic rings. The number of hydrogen-bond acceptors (Lipinski definition) is 4. The Balaban J connectivity index is 1.66. The molecule has 162 valence electrons. The van der Waals surface area contributed by atoms with Crippen LogP contribution in [0.15, 0.2) is 57.9 Å². The van der Waals surface area contributed by atoms with Crippen molar-refractivity contribution >= 4 is 37.5 Å². The molecule has 6 nitrogen and oxygen atoms in total. The number of halogens is 1. The standard InChI is InChI=1S/C22H28BrN3O3S/c1-3-26(4-2)30(28,29)20-8-5-7-19(15-20)25-21(27)16-24-22(13-6-14-22)17-9-11-18(23)12-10-17/h5,7-12,15,24H,3-4,6,13-14,16H2,1-2H3,(H,25,27). The van der Waals surface area contributed by atoms with Crippen LogP contribution in [-0.2, 0) is 20.4 Å². The Morgan fingerprint density at radius 1 is 1.10 bits per heavy atom. The van der Waals surface area contributed by atoms with Gasteiger partial charge in [0.1, 0.15) is 0 Å². The van der Waals surface area contributed by atoms with Gasteiger partial charge in [0.05, 0.1) is 11.4 Å². The van der Waals surface area contributed by atoms with Crippen LogP contribution in [0.1, 0.15) is 38.7 Å². The highest BCUT2D eigenvalue weighted by Crippen LogP contribution is 2.41. The normalized spacial score (nSPS) is 15.6. The third-order valence-electron chi connectivity index (χ3n) is 5.65. The van der Waals surface area contributed by atoms with Crippen LogP contribution >= 0.6 is 15.9 Å². The number of nitrogens with one attached hydrogen (secondary N) is 2. The minimum atomic E-state index is -3.57. The first kappa shape index (κ1) is 22.9. The van der Waals surface area contributed by atoms with E-state index in [9.17, 15) is 13.2 Å². The highest BCUT2D eigenvalue weighted by Gasteiger charge is 2.38. The Bertz CT molecular complexity index is 985. The quantitative estimate of drug-likeness (QED) is 0.551. The molecule has 0 radical (unpaired) electrons. The molecule has 8 heteroatoms. The van der Waals surface area contributed by atoms with Crippen molar-refractivity contribution in [3.63, 3.8) is 0 Å². The van der Waals surface area contributed by atoms with Crippen molar-refractivity contribution in [3.05, 3.63) is 58.6 Å². The van der Waals surface area contributed by atoms with Crippen molar-refractivity contribution in [3.8, 4) is 0 Å². The summed E-state index contributed by atoms with van der Waals surface area (Å²) < 4.78 is 27.9. The third-order valence-corrected chi connectivity index (χ3v) is 8.23. The molecule has 1 amide bonds. The number of amides is 1. The fourth-order valence-electron chi connectivity index (χ4n) is 3.77. The molecule has 0 spiro atoms. The number of nitrogens with zero attached hydrogens (tertiary/aromatic N) is 1. The van der Waals surface area contributed by atoms with Gasteiger partial charge in [-0.15, -0.1) is 0 Å². The molecule has 30 heavy (non-hydrogen) atoms. The van der Waals surface area contributed by atoms with E-state index in [0.29, 0.717) is 18.8 Å². The lowest BCUT2D eigenvalue weighted by Gasteiger charge is -2.43. The van der Waals surface area contributed by atoms with Crippen molar-refractivity contribution in [2.45, 2.75) is 43.5 Å². The van der Waals surface area contributed by atoms with Gasteiger partial charge >= 0.3 is 0 Å². The van der Waals surface area contributed by atoms with E-state index in [1.54, 1.807) is 32.0 Å². The number of benzene rings is 2. The summed E-state index contributed by atoms with van der Waals surface area (Å²) in [6.07, 6.45) is 3.09. The first-order valence-corrected chi connectivity index (χ1v) is 12.4. The molecule has 1 aliphatic carbocycles. The maximum Gasteiger partial charge on any atom is 0.243 e. The lowest BCUT2D eigenvalue weighted by atomic mass is 9.72. The van der Waals surface area contributed by atoms with Gasteiger partial charge in [0, 0.05) is 28.8 Å². The van der Waals surface area contributed by atoms with E-state index in [2.05, 4.69) is 38.7 Å². The van der Waals surface area contributed by atoms with Gasteiger partial charge in [0.25, 0.3) is 0 Å². The van der Waals surface area contributed by atoms with E-state index in [1.807, 2.05) is 12.1 Å². The summed E-state index contributed by atoms with van der Waals surface area (Å²) in [5.74, 6) is -0.198. The van der Waals surface area contributed by atoms with Crippen molar-refractivity contribution in [2.24, 2.45) is 0 Å². The van der Waals surface area contributed by atoms with Gasteiger partial charge in [-0.25, -0.2) is 8.42 Å². The maximum absolute atomic E-state index is 12.7. The van der Waals surface area contributed by atoms with Crippen LogP contribution in [0.25, 0.3) is 0 Å². The van der Waals surface area contributed by atoms with Crippen LogP contribution in [0, 0.1) is 0 Å². The van der Waals surface area contributed by atoms with Crippen LogP contribution in [0.4, 0.5) is 5.69 Å². The first-order chi connectivity index (χ1) is 14.3. The second kappa shape index (κ2) is 9.60. The number of carbonyl (C=O) groups is 1. The fraction of sp³-hybridized carbons (Fsp3) is 0.409. The van der Waals surface area contributed by atoms with Crippen molar-refractivity contribution in [1.82, 2.24) is 9.62 Å². The van der Waals surface area contributed by atoms with Gasteiger partial charge in [-0.2, -0.15) is 4.31 Å². The highest BCUT2D eigenvalue weighted by molar-refractivity contribution is 9.10. The van der Waals surface area contributed by atoms with Crippen molar-refractivity contribution in [1.29, 1.82) is 0 Å². The van der Waals surface area contributed by atoms with Crippen LogP contribution < -0.4 is 10.6 Å². The van der Waals surface area contributed by atoms with Gasteiger partial charge in [0.15, 0.2) is 0 Å². The third kappa shape index (κ3) is 4.94. The first-order valence-electron chi connectivity index (χ1n) is 10.2. The average Bonchev–Trinajstić information content (AvgIpc) is 2.69. The number of sulfonamides is 1. The van der Waals surface area contributed by atoms with Gasteiger partial charge in [-0.05, 0) is 55.2 Å². The van der Waals surface area contributed by atoms with Crippen molar-refractivity contribution < 1.29 is 13.2 Å². The molecule has 0 heterocycles. The lowest BCUT2D eigenvalue weighted by Crippen LogP contribution is -2.50. The van der Waals surface area contributed by atoms with E-state index in [0.717, 1.165) is 23.7 Å². The SMILES string of the molecule is CCN(CC)S(=O)(=O)c1cccc(NC(=O)CNC2(c3ccc(Br)cc3)CCC2)c1. The monoisotopic (exact) mass is 493 g/mol. The van der Waals surface area contributed by atoms with Gasteiger partial charge in [-0.3, -0.25) is 10.1 Å². The van der Waals surface area contributed by atoms with Crippen LogP contribution in [0.5, 0.6) is 0 Å². The maximum atomic E-state index is 12.7. The summed E-state index contributed by atoms with van der Waals surface area (Å²) in [7, 11) is -3.57. The Kier molecular flexibility index (Phi) is 7.34. The number of hydrogen-bond donors (Lipinski definition) is 2. The molecule has 1 aliphatic rings. The Morgan fingerprint density at radius 3 is 2.33 bits per heavy atom. The molecule has 0 saturated heterocycles. The highest BCUT2D eigenvalue weighted by atomic mass is 79.9. The topological polar surface area (TPSA) is 78.5 Å². The zero-order valence-electron chi connectivity index (χ0n) is 17.3. The second-order valence-corrected chi connectivity index (χ2v) is 10.3. The summed E-state index contributed by atoms with van der Waals surface area (Å²) in [6, 6.07) is 14.6. The van der Waals surface area contributed by atoms with Crippen LogP contribution in [-0.4, -0.2) is 38.3 Å². The molecule has 1 saturated carbocycles. The predicted molar refractivity (Wildman–Crippen MR) is 123 cm³/mol. The number of anilines is 1. The van der Waals surface area contributed by atoms with Crippen LogP contribution in [0.3, 0.4) is 0 Å². The largest absolute Gasteiger partial charge is 0.325 e. The Morgan fingerprint density at radius 2 is 1.77 bits per heavy atom. The minimum Gasteiger partial charge on any atom is -0.325 e. The van der Waals surface area contributed by atoms with E-state index >= 15 is 0 Å². The summed E-state index contributed by atoms with van der Waals surface area (Å²) in [5.41, 5.74) is 1.48. The van der Waals surface area contributed by atoms with E-state index in [1.165, 1.54) is 15.9 Å². The summed E-state index contributed by atoms with van der Waals surface area (Å²) in [4.78, 5) is 12.7. The van der Waals surface area contributed by atoms with E-state index in [4.69, 9.17) is 0 Å². The van der Waals surface area contributed by atoms with Gasteiger partial charge < -0.3 is 5.32 Å². The predicted octanol–water partition coefficient (Wildman–Crippen LogP) is 4.09. The molecule has 0 aromatic heterocycles. The lowest BCUT2D eigenvalue weighted by molar-refractivity contribution is -0.116. The smallest absolute Gasteiger partial charge is 0.243 e. The molecular weight excluding hydrogens is 466 g/mol.